The van der Waals surface area contributed by atoms with Gasteiger partial charge in [0.15, 0.2) is 11.6 Å². The van der Waals surface area contributed by atoms with Crippen molar-refractivity contribution >= 4 is 5.97 Å². The summed E-state index contributed by atoms with van der Waals surface area (Å²) in [6.45, 7) is 1.45. The van der Waals surface area contributed by atoms with Crippen LogP contribution in [0.2, 0.25) is 0 Å². The van der Waals surface area contributed by atoms with Crippen LogP contribution in [0.1, 0.15) is 27.0 Å². The number of nitriles is 2. The van der Waals surface area contributed by atoms with E-state index in [-0.39, 0.29) is 16.9 Å². The van der Waals surface area contributed by atoms with Gasteiger partial charge in [-0.15, -0.1) is 0 Å². The van der Waals surface area contributed by atoms with Crippen LogP contribution >= 0.6 is 0 Å². The molecule has 114 valence electrons. The van der Waals surface area contributed by atoms with E-state index < -0.39 is 34.5 Å². The molecule has 0 fully saturated rings. The molecule has 0 heterocycles. The summed E-state index contributed by atoms with van der Waals surface area (Å²) in [6, 6.07) is 7.56. The molecule has 0 spiro atoms. The lowest BCUT2D eigenvalue weighted by Crippen LogP contribution is -2.03. The molecule has 1 N–H and O–H groups in total. The molecular formula is C16H8F2N2O3. The lowest BCUT2D eigenvalue weighted by Gasteiger charge is -2.12. The molecule has 0 atom stereocenters. The Morgan fingerprint density at radius 2 is 1.83 bits per heavy atom. The monoisotopic (exact) mass is 314 g/mol. The molecule has 0 aliphatic carbocycles. The van der Waals surface area contributed by atoms with E-state index in [2.05, 4.69) is 0 Å². The van der Waals surface area contributed by atoms with E-state index in [0.29, 0.717) is 6.07 Å². The second-order valence-electron chi connectivity index (χ2n) is 4.48. The molecule has 0 saturated carbocycles. The number of nitrogens with zero attached hydrogens (tertiary/aromatic N) is 2. The van der Waals surface area contributed by atoms with Crippen molar-refractivity contribution in [2.24, 2.45) is 0 Å². The largest absolute Gasteiger partial charge is 0.478 e. The van der Waals surface area contributed by atoms with Gasteiger partial charge in [0.2, 0.25) is 0 Å². The van der Waals surface area contributed by atoms with E-state index in [4.69, 9.17) is 20.4 Å². The van der Waals surface area contributed by atoms with Crippen molar-refractivity contribution in [2.75, 3.05) is 0 Å². The number of halogens is 2. The first-order valence-electron chi connectivity index (χ1n) is 6.23. The van der Waals surface area contributed by atoms with Gasteiger partial charge in [-0.2, -0.15) is 10.5 Å². The predicted molar refractivity (Wildman–Crippen MR) is 74.0 cm³/mol. The van der Waals surface area contributed by atoms with Crippen molar-refractivity contribution < 1.29 is 23.4 Å². The first kappa shape index (κ1) is 15.9. The minimum atomic E-state index is -1.20. The van der Waals surface area contributed by atoms with E-state index >= 15 is 0 Å². The standard InChI is InChI=1S/C16H8F2N2O3/c1-8-9(16(21)22)3-2-4-13(8)23-14-5-12(17)10(6-19)11(7-20)15(14)18/h2-5H,1H3,(H,21,22). The molecule has 0 radical (unpaired) electrons. The van der Waals surface area contributed by atoms with E-state index in [1.54, 1.807) is 0 Å². The molecule has 2 aromatic rings. The quantitative estimate of drug-likeness (QED) is 0.935. The van der Waals surface area contributed by atoms with Crippen LogP contribution in [0.4, 0.5) is 8.78 Å². The lowest BCUT2D eigenvalue weighted by molar-refractivity contribution is 0.0695. The maximum absolute atomic E-state index is 14.2. The number of rotatable bonds is 3. The van der Waals surface area contributed by atoms with Gasteiger partial charge in [-0.3, -0.25) is 0 Å². The Labute approximate surface area is 129 Å². The van der Waals surface area contributed by atoms with Gasteiger partial charge >= 0.3 is 5.97 Å². The summed E-state index contributed by atoms with van der Waals surface area (Å²) in [7, 11) is 0. The third-order valence-corrected chi connectivity index (χ3v) is 3.14. The van der Waals surface area contributed by atoms with Gasteiger partial charge in [0.25, 0.3) is 0 Å². The summed E-state index contributed by atoms with van der Waals surface area (Å²) in [5.74, 6) is -4.10. The molecule has 0 aliphatic rings. The normalized spacial score (nSPS) is 9.78. The summed E-state index contributed by atoms with van der Waals surface area (Å²) in [6.07, 6.45) is 0. The summed E-state index contributed by atoms with van der Waals surface area (Å²) < 4.78 is 33.2. The highest BCUT2D eigenvalue weighted by atomic mass is 19.1. The SMILES string of the molecule is Cc1c(Oc2cc(F)c(C#N)c(C#N)c2F)cccc1C(=O)O. The number of carboxylic acids is 1. The van der Waals surface area contributed by atoms with Gasteiger partial charge in [-0.05, 0) is 19.1 Å². The number of hydrogen-bond acceptors (Lipinski definition) is 4. The Morgan fingerprint density at radius 3 is 2.39 bits per heavy atom. The summed E-state index contributed by atoms with van der Waals surface area (Å²) in [5, 5.41) is 26.7. The highest BCUT2D eigenvalue weighted by molar-refractivity contribution is 5.90. The molecule has 5 nitrogen and oxygen atoms in total. The second-order valence-corrected chi connectivity index (χ2v) is 4.48. The Bertz CT molecular complexity index is 896. The van der Waals surface area contributed by atoms with E-state index in [1.807, 2.05) is 0 Å². The molecule has 2 aromatic carbocycles. The van der Waals surface area contributed by atoms with Gasteiger partial charge in [0.1, 0.15) is 34.8 Å². The van der Waals surface area contributed by atoms with Crippen molar-refractivity contribution in [1.82, 2.24) is 0 Å². The number of benzene rings is 2. The molecule has 0 bridgehead atoms. The zero-order valence-electron chi connectivity index (χ0n) is 11.7. The third-order valence-electron chi connectivity index (χ3n) is 3.14. The predicted octanol–water partition coefficient (Wildman–Crippen LogP) is 3.51. The Balaban J connectivity index is 2.57. The van der Waals surface area contributed by atoms with Gasteiger partial charge in [0, 0.05) is 11.6 Å². The average Bonchev–Trinajstić information content (AvgIpc) is 2.51. The van der Waals surface area contributed by atoms with Crippen LogP contribution in [0.3, 0.4) is 0 Å². The summed E-state index contributed by atoms with van der Waals surface area (Å²) in [4.78, 5) is 11.1. The van der Waals surface area contributed by atoms with Gasteiger partial charge in [0.05, 0.1) is 5.56 Å². The number of aromatic carboxylic acids is 1. The number of ether oxygens (including phenoxy) is 1. The average molecular weight is 314 g/mol. The maximum Gasteiger partial charge on any atom is 0.336 e. The molecule has 0 aromatic heterocycles. The van der Waals surface area contributed by atoms with E-state index in [1.165, 1.54) is 37.3 Å². The second kappa shape index (κ2) is 6.12. The molecule has 7 heteroatoms. The van der Waals surface area contributed by atoms with Crippen molar-refractivity contribution in [3.05, 3.63) is 58.2 Å². The fourth-order valence-corrected chi connectivity index (χ4v) is 1.97. The smallest absolute Gasteiger partial charge is 0.336 e. The van der Waals surface area contributed by atoms with Crippen LogP contribution in [0.25, 0.3) is 0 Å². The number of carbonyl (C=O) groups is 1. The first-order valence-corrected chi connectivity index (χ1v) is 6.23. The van der Waals surface area contributed by atoms with E-state index in [0.717, 1.165) is 0 Å². The fourth-order valence-electron chi connectivity index (χ4n) is 1.97. The Hall–Kier alpha value is -3.45. The van der Waals surface area contributed by atoms with Crippen molar-refractivity contribution in [2.45, 2.75) is 6.92 Å². The first-order chi connectivity index (χ1) is 10.9. The summed E-state index contributed by atoms with van der Waals surface area (Å²) >= 11 is 0. The van der Waals surface area contributed by atoms with Gasteiger partial charge < -0.3 is 9.84 Å². The molecular weight excluding hydrogens is 306 g/mol. The minimum absolute atomic E-state index is 0.00297. The highest BCUT2D eigenvalue weighted by Gasteiger charge is 2.21. The molecule has 0 unspecified atom stereocenters. The summed E-state index contributed by atoms with van der Waals surface area (Å²) in [5.41, 5.74) is -1.33. The van der Waals surface area contributed by atoms with Gasteiger partial charge in [-0.1, -0.05) is 6.07 Å². The fraction of sp³-hybridized carbons (Fsp3) is 0.0625. The molecule has 0 saturated heterocycles. The topological polar surface area (TPSA) is 94.1 Å². The van der Waals surface area contributed by atoms with Gasteiger partial charge in [-0.25, -0.2) is 13.6 Å². The van der Waals surface area contributed by atoms with Crippen LogP contribution in [0, 0.1) is 41.2 Å². The van der Waals surface area contributed by atoms with Crippen LogP contribution in [0.15, 0.2) is 24.3 Å². The lowest BCUT2D eigenvalue weighted by atomic mass is 10.1. The Morgan fingerprint density at radius 1 is 1.17 bits per heavy atom. The van der Waals surface area contributed by atoms with Crippen molar-refractivity contribution in [3.63, 3.8) is 0 Å². The van der Waals surface area contributed by atoms with Crippen LogP contribution in [-0.4, -0.2) is 11.1 Å². The van der Waals surface area contributed by atoms with E-state index in [9.17, 15) is 13.6 Å². The third kappa shape index (κ3) is 2.81. The number of carboxylic acid groups (broad SMARTS) is 1. The molecule has 2 rings (SSSR count). The maximum atomic E-state index is 14.2. The molecule has 23 heavy (non-hydrogen) atoms. The molecule has 0 amide bonds. The zero-order chi connectivity index (χ0) is 17.1. The van der Waals surface area contributed by atoms with Crippen LogP contribution in [0.5, 0.6) is 11.5 Å². The van der Waals surface area contributed by atoms with Crippen molar-refractivity contribution in [3.8, 4) is 23.6 Å². The highest BCUT2D eigenvalue weighted by Crippen LogP contribution is 2.32. The van der Waals surface area contributed by atoms with Crippen LogP contribution < -0.4 is 4.74 Å². The van der Waals surface area contributed by atoms with Crippen LogP contribution in [-0.2, 0) is 0 Å². The number of hydrogen-bond donors (Lipinski definition) is 1. The Kier molecular flexibility index (Phi) is 4.24. The minimum Gasteiger partial charge on any atom is -0.478 e. The zero-order valence-corrected chi connectivity index (χ0v) is 11.7. The molecule has 0 aliphatic heterocycles. The van der Waals surface area contributed by atoms with Crippen molar-refractivity contribution in [1.29, 1.82) is 10.5 Å².